The molecule has 0 aromatic heterocycles. The lowest BCUT2D eigenvalue weighted by atomic mass is 9.90. The van der Waals surface area contributed by atoms with Gasteiger partial charge in [-0.05, 0) is 47.2 Å². The first-order chi connectivity index (χ1) is 12.0. The van der Waals surface area contributed by atoms with E-state index in [0.29, 0.717) is 0 Å². The number of unbranched alkanes of at least 4 members (excludes halogenated alkanes) is 3. The van der Waals surface area contributed by atoms with E-state index in [1.807, 2.05) is 18.2 Å². The molecular weight excluding hydrogens is 314 g/mol. The highest BCUT2D eigenvalue weighted by Gasteiger charge is 2.27. The molecule has 0 bridgehead atoms. The summed E-state index contributed by atoms with van der Waals surface area (Å²) in [5.41, 5.74) is 6.80. The molecule has 4 heteroatoms. The normalized spacial score (nSPS) is 13.3. The van der Waals surface area contributed by atoms with Gasteiger partial charge in [-0.2, -0.15) is 0 Å². The van der Waals surface area contributed by atoms with Gasteiger partial charge in [0.2, 0.25) is 0 Å². The molecule has 0 heterocycles. The summed E-state index contributed by atoms with van der Waals surface area (Å²) in [5, 5.41) is 31.2. The quantitative estimate of drug-likeness (QED) is 0.499. The second kappa shape index (κ2) is 9.30. The molecule has 2 aromatic rings. The lowest BCUT2D eigenvalue weighted by molar-refractivity contribution is 0.0618. The summed E-state index contributed by atoms with van der Waals surface area (Å²) < 4.78 is 0. The van der Waals surface area contributed by atoms with Gasteiger partial charge >= 0.3 is 0 Å². The van der Waals surface area contributed by atoms with E-state index >= 15 is 0 Å². The molecule has 0 aliphatic rings. The molecule has 0 radical (unpaired) electrons. The van der Waals surface area contributed by atoms with Gasteiger partial charge < -0.3 is 21.1 Å². The first kappa shape index (κ1) is 19.9. The fourth-order valence-electron chi connectivity index (χ4n) is 3.11. The zero-order valence-corrected chi connectivity index (χ0v) is 15.1. The maximum atomic E-state index is 10.4. The number of benzene rings is 2. The van der Waals surface area contributed by atoms with Crippen molar-refractivity contribution in [2.45, 2.75) is 57.1 Å². The summed E-state index contributed by atoms with van der Waals surface area (Å²) in [6.07, 6.45) is 5.43. The van der Waals surface area contributed by atoms with E-state index in [1.54, 1.807) is 0 Å². The van der Waals surface area contributed by atoms with E-state index in [4.69, 9.17) is 5.73 Å². The average Bonchev–Trinajstić information content (AvgIpc) is 2.64. The first-order valence-corrected chi connectivity index (χ1v) is 9.22. The van der Waals surface area contributed by atoms with Crippen LogP contribution in [0.3, 0.4) is 0 Å². The second-order valence-electron chi connectivity index (χ2n) is 7.15. The third-order valence-corrected chi connectivity index (χ3v) is 4.86. The molecule has 5 N–H and O–H groups in total. The summed E-state index contributed by atoms with van der Waals surface area (Å²) in [5.74, 6) is 0. The van der Waals surface area contributed by atoms with Gasteiger partial charge in [0.1, 0.15) is 0 Å². The first-order valence-electron chi connectivity index (χ1n) is 9.22. The van der Waals surface area contributed by atoms with E-state index in [9.17, 15) is 15.3 Å². The fourth-order valence-corrected chi connectivity index (χ4v) is 3.11. The minimum atomic E-state index is -1.17. The van der Waals surface area contributed by atoms with Crippen LogP contribution in [0, 0.1) is 0 Å². The molecule has 0 spiro atoms. The maximum Gasteiger partial charge on any atom is 0.0809 e. The van der Waals surface area contributed by atoms with Crippen LogP contribution in [0.25, 0.3) is 10.8 Å². The van der Waals surface area contributed by atoms with Crippen molar-refractivity contribution in [3.05, 3.63) is 47.5 Å². The number of rotatable bonds is 10. The predicted octanol–water partition coefficient (Wildman–Crippen LogP) is 3.07. The Balaban J connectivity index is 2.09. The molecule has 0 aliphatic heterocycles. The van der Waals surface area contributed by atoms with Crippen molar-refractivity contribution >= 4 is 10.8 Å². The van der Waals surface area contributed by atoms with Gasteiger partial charge in [-0.1, -0.05) is 56.5 Å². The molecular formula is C21H31NO3. The molecule has 25 heavy (non-hydrogen) atoms. The molecule has 1 atom stereocenters. The number of aliphatic hydroxyl groups is 3. The van der Waals surface area contributed by atoms with E-state index < -0.39 is 11.6 Å². The van der Waals surface area contributed by atoms with Gasteiger partial charge in [0.15, 0.2) is 0 Å². The van der Waals surface area contributed by atoms with Crippen molar-refractivity contribution in [3.8, 4) is 0 Å². The zero-order chi connectivity index (χ0) is 18.3. The van der Waals surface area contributed by atoms with Crippen LogP contribution in [-0.2, 0) is 6.42 Å². The Kier molecular flexibility index (Phi) is 7.38. The summed E-state index contributed by atoms with van der Waals surface area (Å²) in [6.45, 7) is 1.49. The van der Waals surface area contributed by atoms with Crippen LogP contribution in [0.15, 0.2) is 36.4 Å². The van der Waals surface area contributed by atoms with Gasteiger partial charge in [-0.3, -0.25) is 0 Å². The maximum absolute atomic E-state index is 10.4. The minimum Gasteiger partial charge on any atom is -0.394 e. The third kappa shape index (κ3) is 5.51. The Labute approximate surface area is 150 Å². The lowest BCUT2D eigenvalue weighted by Gasteiger charge is -2.27. The number of aliphatic hydroxyl groups excluding tert-OH is 3. The largest absolute Gasteiger partial charge is 0.394 e. The zero-order valence-electron chi connectivity index (χ0n) is 15.1. The summed E-state index contributed by atoms with van der Waals surface area (Å²) >= 11 is 0. The van der Waals surface area contributed by atoms with Gasteiger partial charge in [0, 0.05) is 0 Å². The van der Waals surface area contributed by atoms with Crippen LogP contribution < -0.4 is 5.73 Å². The van der Waals surface area contributed by atoms with Gasteiger partial charge in [-0.15, -0.1) is 0 Å². The van der Waals surface area contributed by atoms with Crippen LogP contribution >= 0.6 is 0 Å². The van der Waals surface area contributed by atoms with Crippen LogP contribution in [0.4, 0.5) is 0 Å². The summed E-state index contributed by atoms with van der Waals surface area (Å²) in [7, 11) is 0. The SMILES string of the molecule is CCCCCCc1ccc2cc(C(O)CC(N)(CO)CO)ccc2c1. The standard InChI is InChI=1S/C21H31NO3/c1-2-3-4-5-6-16-7-8-18-12-19(10-9-17(18)11-16)20(25)13-21(22,14-23)15-24/h7-12,20,23-25H,2-6,13-15,22H2,1H3. The Morgan fingerprint density at radius 3 is 2.32 bits per heavy atom. The summed E-state index contributed by atoms with van der Waals surface area (Å²) in [4.78, 5) is 0. The number of hydrogen-bond acceptors (Lipinski definition) is 4. The van der Waals surface area contributed by atoms with Crippen molar-refractivity contribution in [1.29, 1.82) is 0 Å². The number of nitrogens with two attached hydrogens (primary N) is 1. The van der Waals surface area contributed by atoms with Crippen molar-refractivity contribution in [2.75, 3.05) is 13.2 Å². The molecule has 0 fully saturated rings. The Hall–Kier alpha value is -1.46. The minimum absolute atomic E-state index is 0.112. The molecule has 0 saturated carbocycles. The molecule has 138 valence electrons. The van der Waals surface area contributed by atoms with E-state index in [-0.39, 0.29) is 19.6 Å². The predicted molar refractivity (Wildman–Crippen MR) is 102 cm³/mol. The number of hydrogen-bond donors (Lipinski definition) is 4. The van der Waals surface area contributed by atoms with Crippen molar-refractivity contribution in [1.82, 2.24) is 0 Å². The second-order valence-corrected chi connectivity index (χ2v) is 7.15. The molecule has 0 aliphatic carbocycles. The highest BCUT2D eigenvalue weighted by atomic mass is 16.3. The smallest absolute Gasteiger partial charge is 0.0809 e. The Morgan fingerprint density at radius 2 is 1.64 bits per heavy atom. The van der Waals surface area contributed by atoms with Crippen LogP contribution in [0.1, 0.15) is 56.3 Å². The van der Waals surface area contributed by atoms with Gasteiger partial charge in [0.25, 0.3) is 0 Å². The molecule has 4 nitrogen and oxygen atoms in total. The molecule has 2 aromatic carbocycles. The topological polar surface area (TPSA) is 86.7 Å². The molecule has 1 unspecified atom stereocenters. The molecule has 0 amide bonds. The van der Waals surface area contributed by atoms with Crippen LogP contribution in [0.2, 0.25) is 0 Å². The van der Waals surface area contributed by atoms with Crippen molar-refractivity contribution < 1.29 is 15.3 Å². The van der Waals surface area contributed by atoms with Crippen LogP contribution in [0.5, 0.6) is 0 Å². The van der Waals surface area contributed by atoms with Crippen LogP contribution in [-0.4, -0.2) is 34.1 Å². The molecule has 2 rings (SSSR count). The lowest BCUT2D eigenvalue weighted by Crippen LogP contribution is -2.48. The van der Waals surface area contributed by atoms with E-state index in [0.717, 1.165) is 22.8 Å². The van der Waals surface area contributed by atoms with Gasteiger partial charge in [0.05, 0.1) is 24.9 Å². The third-order valence-electron chi connectivity index (χ3n) is 4.86. The Bertz CT molecular complexity index is 667. The monoisotopic (exact) mass is 345 g/mol. The van der Waals surface area contributed by atoms with E-state index in [1.165, 1.54) is 31.2 Å². The van der Waals surface area contributed by atoms with Crippen molar-refractivity contribution in [2.24, 2.45) is 5.73 Å². The van der Waals surface area contributed by atoms with Crippen molar-refractivity contribution in [3.63, 3.8) is 0 Å². The summed E-state index contributed by atoms with van der Waals surface area (Å²) in [6, 6.07) is 12.3. The fraction of sp³-hybridized carbons (Fsp3) is 0.524. The number of fused-ring (bicyclic) bond motifs is 1. The average molecular weight is 345 g/mol. The van der Waals surface area contributed by atoms with Gasteiger partial charge in [-0.25, -0.2) is 0 Å². The highest BCUT2D eigenvalue weighted by molar-refractivity contribution is 5.83. The highest BCUT2D eigenvalue weighted by Crippen LogP contribution is 2.26. The molecule has 0 saturated heterocycles. The number of aryl methyl sites for hydroxylation is 1. The Morgan fingerprint density at radius 1 is 0.960 bits per heavy atom. The van der Waals surface area contributed by atoms with E-state index in [2.05, 4.69) is 25.1 Å².